The molecule has 1 aliphatic rings. The molecule has 1 aromatic rings. The average Bonchev–Trinajstić information content (AvgIpc) is 2.79. The first-order valence-electron chi connectivity index (χ1n) is 6.17. The van der Waals surface area contributed by atoms with E-state index in [4.69, 9.17) is 5.11 Å². The highest BCUT2D eigenvalue weighted by Gasteiger charge is 2.38. The van der Waals surface area contributed by atoms with Crippen LogP contribution in [-0.2, 0) is 16.0 Å². The maximum absolute atomic E-state index is 12.0. The van der Waals surface area contributed by atoms with Crippen molar-refractivity contribution >= 4 is 11.9 Å². The Morgan fingerprint density at radius 2 is 2.05 bits per heavy atom. The minimum atomic E-state index is -1.06. The van der Waals surface area contributed by atoms with Gasteiger partial charge in [0.2, 0.25) is 5.91 Å². The molecule has 2 N–H and O–H groups in total. The lowest BCUT2D eigenvalue weighted by Crippen LogP contribution is -2.40. The zero-order valence-corrected chi connectivity index (χ0v) is 10.4. The fraction of sp³-hybridized carbons (Fsp3) is 0.462. The predicted molar refractivity (Wildman–Crippen MR) is 66.3 cm³/mol. The Labute approximate surface area is 110 Å². The Hall–Kier alpha value is -1.95. The number of aryl methyl sites for hydroxylation is 1. The number of carboxylic acid groups (broad SMARTS) is 1. The molecule has 1 aliphatic heterocycles. The second-order valence-corrected chi connectivity index (χ2v) is 4.65. The molecule has 2 rings (SSSR count). The van der Waals surface area contributed by atoms with Gasteiger partial charge in [-0.2, -0.15) is 0 Å². The standard InChI is InChI=1S/C13H16N2O4/c16-10-7-11(13(18)19)15(8-10)12(17)2-1-9-3-5-14-6-4-9/h3-6,10-11,16H,1-2,7-8H2,(H,18,19). The van der Waals surface area contributed by atoms with Crippen LogP contribution in [0.1, 0.15) is 18.4 Å². The van der Waals surface area contributed by atoms with Gasteiger partial charge in [0.1, 0.15) is 6.04 Å². The monoisotopic (exact) mass is 264 g/mol. The van der Waals surface area contributed by atoms with E-state index in [0.29, 0.717) is 6.42 Å². The van der Waals surface area contributed by atoms with Crippen molar-refractivity contribution < 1.29 is 19.8 Å². The van der Waals surface area contributed by atoms with Crippen molar-refractivity contribution in [2.24, 2.45) is 0 Å². The predicted octanol–water partition coefficient (Wildman–Crippen LogP) is 0.0606. The molecule has 2 heterocycles. The summed E-state index contributed by atoms with van der Waals surface area (Å²) in [6.07, 6.45) is 3.45. The van der Waals surface area contributed by atoms with Crippen molar-refractivity contribution in [2.45, 2.75) is 31.4 Å². The number of likely N-dealkylation sites (tertiary alicyclic amines) is 1. The zero-order chi connectivity index (χ0) is 13.8. The molecular formula is C13H16N2O4. The molecule has 0 aliphatic carbocycles. The van der Waals surface area contributed by atoms with Crippen LogP contribution in [0.15, 0.2) is 24.5 Å². The molecule has 1 fully saturated rings. The van der Waals surface area contributed by atoms with Gasteiger partial charge in [0.05, 0.1) is 6.10 Å². The van der Waals surface area contributed by atoms with E-state index in [2.05, 4.69) is 4.98 Å². The highest BCUT2D eigenvalue weighted by atomic mass is 16.4. The number of aliphatic hydroxyl groups is 1. The summed E-state index contributed by atoms with van der Waals surface area (Å²) in [5.74, 6) is -1.30. The van der Waals surface area contributed by atoms with Gasteiger partial charge >= 0.3 is 5.97 Å². The number of amides is 1. The first-order valence-corrected chi connectivity index (χ1v) is 6.17. The molecule has 102 valence electrons. The van der Waals surface area contributed by atoms with E-state index in [1.54, 1.807) is 12.4 Å². The molecule has 19 heavy (non-hydrogen) atoms. The normalized spacial score (nSPS) is 22.5. The van der Waals surface area contributed by atoms with Crippen LogP contribution < -0.4 is 0 Å². The van der Waals surface area contributed by atoms with Crippen molar-refractivity contribution in [3.8, 4) is 0 Å². The van der Waals surface area contributed by atoms with Gasteiger partial charge in [0.15, 0.2) is 0 Å². The molecule has 2 atom stereocenters. The number of aromatic nitrogens is 1. The van der Waals surface area contributed by atoms with Crippen LogP contribution in [0, 0.1) is 0 Å². The van der Waals surface area contributed by atoms with Crippen LogP contribution in [0.2, 0.25) is 0 Å². The third kappa shape index (κ3) is 3.29. The molecule has 1 saturated heterocycles. The Morgan fingerprint density at radius 1 is 1.37 bits per heavy atom. The van der Waals surface area contributed by atoms with Crippen molar-refractivity contribution in [3.63, 3.8) is 0 Å². The van der Waals surface area contributed by atoms with Crippen molar-refractivity contribution in [2.75, 3.05) is 6.54 Å². The number of rotatable bonds is 4. The van der Waals surface area contributed by atoms with Gasteiger partial charge in [0, 0.05) is 31.8 Å². The summed E-state index contributed by atoms with van der Waals surface area (Å²) in [4.78, 5) is 28.2. The lowest BCUT2D eigenvalue weighted by Gasteiger charge is -2.21. The van der Waals surface area contributed by atoms with Gasteiger partial charge in [-0.3, -0.25) is 9.78 Å². The second kappa shape index (κ2) is 5.79. The van der Waals surface area contributed by atoms with Gasteiger partial charge in [-0.1, -0.05) is 0 Å². The summed E-state index contributed by atoms with van der Waals surface area (Å²) in [6.45, 7) is 0.103. The number of carbonyl (C=O) groups excluding carboxylic acids is 1. The third-order valence-electron chi connectivity index (χ3n) is 3.26. The number of hydrogen-bond donors (Lipinski definition) is 2. The van der Waals surface area contributed by atoms with E-state index in [-0.39, 0.29) is 25.3 Å². The molecule has 0 bridgehead atoms. The lowest BCUT2D eigenvalue weighted by atomic mass is 10.1. The fourth-order valence-corrected chi connectivity index (χ4v) is 2.27. The average molecular weight is 264 g/mol. The number of β-amino-alcohol motifs (C(OH)–C–C–N with tert-alkyl or cyclic N) is 1. The van der Waals surface area contributed by atoms with Crippen LogP contribution in [0.3, 0.4) is 0 Å². The molecule has 1 amide bonds. The Bertz CT molecular complexity index is 463. The summed E-state index contributed by atoms with van der Waals surface area (Å²) in [6, 6.07) is 2.74. The number of aliphatic hydroxyl groups excluding tert-OH is 1. The highest BCUT2D eigenvalue weighted by Crippen LogP contribution is 2.19. The lowest BCUT2D eigenvalue weighted by molar-refractivity contribution is -0.148. The minimum Gasteiger partial charge on any atom is -0.480 e. The van der Waals surface area contributed by atoms with Crippen LogP contribution in [0.25, 0.3) is 0 Å². The number of carbonyl (C=O) groups is 2. The van der Waals surface area contributed by atoms with E-state index in [1.807, 2.05) is 12.1 Å². The van der Waals surface area contributed by atoms with Gasteiger partial charge in [-0.15, -0.1) is 0 Å². The first kappa shape index (κ1) is 13.5. The van der Waals surface area contributed by atoms with Crippen molar-refractivity contribution in [1.82, 2.24) is 9.88 Å². The molecule has 6 heteroatoms. The number of carboxylic acids is 1. The number of hydrogen-bond acceptors (Lipinski definition) is 4. The molecule has 0 saturated carbocycles. The summed E-state index contributed by atoms with van der Waals surface area (Å²) < 4.78 is 0. The Balaban J connectivity index is 1.94. The summed E-state index contributed by atoms with van der Waals surface area (Å²) in [7, 11) is 0. The molecule has 1 aromatic heterocycles. The van der Waals surface area contributed by atoms with Gasteiger partial charge < -0.3 is 15.1 Å². The summed E-state index contributed by atoms with van der Waals surface area (Å²) >= 11 is 0. The van der Waals surface area contributed by atoms with Crippen LogP contribution in [0.4, 0.5) is 0 Å². The quantitative estimate of drug-likeness (QED) is 0.802. The van der Waals surface area contributed by atoms with Crippen LogP contribution >= 0.6 is 0 Å². The third-order valence-corrected chi connectivity index (χ3v) is 3.26. The second-order valence-electron chi connectivity index (χ2n) is 4.65. The van der Waals surface area contributed by atoms with Crippen molar-refractivity contribution in [3.05, 3.63) is 30.1 Å². The minimum absolute atomic E-state index is 0.103. The fourth-order valence-electron chi connectivity index (χ4n) is 2.27. The largest absolute Gasteiger partial charge is 0.480 e. The summed E-state index contributed by atoms with van der Waals surface area (Å²) in [5, 5.41) is 18.5. The number of nitrogens with zero attached hydrogens (tertiary/aromatic N) is 2. The van der Waals surface area contributed by atoms with E-state index >= 15 is 0 Å². The van der Waals surface area contributed by atoms with Gasteiger partial charge in [-0.25, -0.2) is 4.79 Å². The van der Waals surface area contributed by atoms with E-state index in [0.717, 1.165) is 5.56 Å². The number of aliphatic carboxylic acids is 1. The maximum Gasteiger partial charge on any atom is 0.326 e. The molecule has 0 radical (unpaired) electrons. The SMILES string of the molecule is O=C(O)C1CC(O)CN1C(=O)CCc1ccncc1. The first-order chi connectivity index (χ1) is 9.08. The van der Waals surface area contributed by atoms with E-state index in [1.165, 1.54) is 4.90 Å². The maximum atomic E-state index is 12.0. The Kier molecular flexibility index (Phi) is 4.11. The Morgan fingerprint density at radius 3 is 2.68 bits per heavy atom. The smallest absolute Gasteiger partial charge is 0.326 e. The number of pyridine rings is 1. The van der Waals surface area contributed by atoms with E-state index < -0.39 is 18.1 Å². The highest BCUT2D eigenvalue weighted by molar-refractivity contribution is 5.84. The molecule has 0 aromatic carbocycles. The molecule has 6 nitrogen and oxygen atoms in total. The molecule has 2 unspecified atom stereocenters. The molecule has 0 spiro atoms. The molecular weight excluding hydrogens is 248 g/mol. The van der Waals surface area contributed by atoms with E-state index in [9.17, 15) is 14.7 Å². The van der Waals surface area contributed by atoms with Gasteiger partial charge in [-0.05, 0) is 24.1 Å². The van der Waals surface area contributed by atoms with Crippen LogP contribution in [0.5, 0.6) is 0 Å². The van der Waals surface area contributed by atoms with Gasteiger partial charge in [0.25, 0.3) is 0 Å². The van der Waals surface area contributed by atoms with Crippen molar-refractivity contribution in [1.29, 1.82) is 0 Å². The van der Waals surface area contributed by atoms with Crippen LogP contribution in [-0.4, -0.2) is 50.7 Å². The topological polar surface area (TPSA) is 90.7 Å². The summed E-state index contributed by atoms with van der Waals surface area (Å²) in [5.41, 5.74) is 0.981. The zero-order valence-electron chi connectivity index (χ0n) is 10.4.